The van der Waals surface area contributed by atoms with E-state index < -0.39 is 0 Å². The Hall–Kier alpha value is -2.47. The minimum Gasteiger partial charge on any atom is -0.346 e. The van der Waals surface area contributed by atoms with Crippen LogP contribution in [-0.4, -0.2) is 20.2 Å². The first kappa shape index (κ1) is 14.1. The Balaban J connectivity index is 1.75. The molecule has 1 aliphatic heterocycles. The minimum absolute atomic E-state index is 0.0182. The number of nitrogens with zero attached hydrogens (tertiary/aromatic N) is 4. The molecule has 1 aliphatic rings. The molecule has 0 unspecified atom stereocenters. The molecule has 0 amide bonds. The summed E-state index contributed by atoms with van der Waals surface area (Å²) in [5.41, 5.74) is 1.64. The van der Waals surface area contributed by atoms with Crippen molar-refractivity contribution in [2.24, 2.45) is 0 Å². The highest BCUT2D eigenvalue weighted by Gasteiger charge is 2.31. The number of aromatic nitrogens is 4. The minimum atomic E-state index is -0.261. The summed E-state index contributed by atoms with van der Waals surface area (Å²) < 4.78 is 15.9. The predicted molar refractivity (Wildman–Crippen MR) is 84.8 cm³/mol. The van der Waals surface area contributed by atoms with E-state index in [0.717, 1.165) is 5.56 Å². The van der Waals surface area contributed by atoms with Crippen LogP contribution in [0.3, 0.4) is 0 Å². The molecule has 3 aromatic rings. The van der Waals surface area contributed by atoms with Crippen LogP contribution in [-0.2, 0) is 0 Å². The highest BCUT2D eigenvalue weighted by atomic mass is 35.5. The van der Waals surface area contributed by atoms with Crippen LogP contribution in [0.1, 0.15) is 29.6 Å². The van der Waals surface area contributed by atoms with Gasteiger partial charge in [-0.2, -0.15) is 0 Å². The molecular formula is C16H13ClFN5. The van der Waals surface area contributed by atoms with Crippen molar-refractivity contribution in [1.29, 1.82) is 0 Å². The Kier molecular flexibility index (Phi) is 3.46. The van der Waals surface area contributed by atoms with E-state index in [9.17, 15) is 4.39 Å². The van der Waals surface area contributed by atoms with E-state index in [4.69, 9.17) is 11.6 Å². The Morgan fingerprint density at radius 3 is 2.70 bits per heavy atom. The maximum Gasteiger partial charge on any atom is 0.243 e. The van der Waals surface area contributed by atoms with Crippen molar-refractivity contribution in [1.82, 2.24) is 20.2 Å². The number of rotatable bonds is 2. The number of anilines is 1. The quantitative estimate of drug-likeness (QED) is 0.780. The third kappa shape index (κ3) is 2.55. The number of halogens is 2. The smallest absolute Gasteiger partial charge is 0.243 e. The largest absolute Gasteiger partial charge is 0.346 e. The maximum atomic E-state index is 14.2. The lowest BCUT2D eigenvalue weighted by atomic mass is 9.93. The molecule has 0 saturated carbocycles. The average Bonchev–Trinajstić information content (AvgIpc) is 3.04. The third-order valence-corrected chi connectivity index (χ3v) is 4.34. The van der Waals surface area contributed by atoms with Gasteiger partial charge in [0.25, 0.3) is 0 Å². The molecule has 2 atom stereocenters. The van der Waals surface area contributed by atoms with Gasteiger partial charge in [-0.3, -0.25) is 0 Å². The Labute approximate surface area is 137 Å². The van der Waals surface area contributed by atoms with Gasteiger partial charge in [-0.15, -0.1) is 0 Å². The zero-order chi connectivity index (χ0) is 15.8. The molecule has 1 aromatic heterocycles. The van der Waals surface area contributed by atoms with E-state index in [1.807, 2.05) is 30.3 Å². The number of tetrazole rings is 1. The molecule has 0 aliphatic carbocycles. The van der Waals surface area contributed by atoms with Gasteiger partial charge in [0, 0.05) is 10.6 Å². The van der Waals surface area contributed by atoms with E-state index in [0.29, 0.717) is 23.0 Å². The Morgan fingerprint density at radius 1 is 1.13 bits per heavy atom. The Bertz CT molecular complexity index is 832. The lowest BCUT2D eigenvalue weighted by molar-refractivity contribution is 0.409. The molecule has 0 spiro atoms. The second-order valence-corrected chi connectivity index (χ2v) is 5.90. The molecule has 2 aromatic carbocycles. The second kappa shape index (κ2) is 5.62. The zero-order valence-electron chi connectivity index (χ0n) is 12.0. The van der Waals surface area contributed by atoms with Gasteiger partial charge in [0.05, 0.1) is 12.1 Å². The standard InChI is InChI=1S/C16H13ClFN5/c17-11-7-5-10(6-8-11)14-9-15(12-3-1-2-4-13(12)18)23-16(19-14)20-21-22-23/h1-8,14-15H,9H2,(H,19,20,22)/t14-,15+/m1/s1. The predicted octanol–water partition coefficient (Wildman–Crippen LogP) is 3.61. The normalized spacial score (nSPS) is 19.9. The monoisotopic (exact) mass is 329 g/mol. The average molecular weight is 330 g/mol. The van der Waals surface area contributed by atoms with Crippen LogP contribution in [0.25, 0.3) is 0 Å². The van der Waals surface area contributed by atoms with Gasteiger partial charge in [-0.25, -0.2) is 9.07 Å². The van der Waals surface area contributed by atoms with Crippen LogP contribution in [0.5, 0.6) is 0 Å². The van der Waals surface area contributed by atoms with E-state index in [-0.39, 0.29) is 17.9 Å². The van der Waals surface area contributed by atoms with Gasteiger partial charge >= 0.3 is 0 Å². The zero-order valence-corrected chi connectivity index (χ0v) is 12.8. The highest BCUT2D eigenvalue weighted by molar-refractivity contribution is 6.30. The number of hydrogen-bond acceptors (Lipinski definition) is 4. The van der Waals surface area contributed by atoms with Crippen molar-refractivity contribution >= 4 is 17.5 Å². The summed E-state index contributed by atoms with van der Waals surface area (Å²) >= 11 is 5.95. The molecule has 23 heavy (non-hydrogen) atoms. The lowest BCUT2D eigenvalue weighted by Crippen LogP contribution is -2.28. The fourth-order valence-corrected chi connectivity index (χ4v) is 3.08. The van der Waals surface area contributed by atoms with Crippen LogP contribution >= 0.6 is 11.6 Å². The third-order valence-electron chi connectivity index (χ3n) is 4.09. The van der Waals surface area contributed by atoms with Crippen LogP contribution in [0.15, 0.2) is 48.5 Å². The number of hydrogen-bond donors (Lipinski definition) is 1. The van der Waals surface area contributed by atoms with Crippen molar-refractivity contribution in [3.8, 4) is 0 Å². The summed E-state index contributed by atoms with van der Waals surface area (Å²) in [7, 11) is 0. The summed E-state index contributed by atoms with van der Waals surface area (Å²) in [6, 6.07) is 14.0. The van der Waals surface area contributed by atoms with Crippen LogP contribution in [0.2, 0.25) is 5.02 Å². The van der Waals surface area contributed by atoms with Gasteiger partial charge in [0.2, 0.25) is 5.95 Å². The van der Waals surface area contributed by atoms with E-state index >= 15 is 0 Å². The first-order valence-corrected chi connectivity index (χ1v) is 7.64. The molecule has 0 saturated heterocycles. The number of benzene rings is 2. The van der Waals surface area contributed by atoms with E-state index in [1.54, 1.807) is 16.8 Å². The van der Waals surface area contributed by atoms with Gasteiger partial charge in [0.1, 0.15) is 5.82 Å². The van der Waals surface area contributed by atoms with Crippen LogP contribution in [0.4, 0.5) is 10.3 Å². The molecule has 7 heteroatoms. The van der Waals surface area contributed by atoms with Crippen molar-refractivity contribution in [3.05, 3.63) is 70.5 Å². The van der Waals surface area contributed by atoms with Gasteiger partial charge in [-0.05, 0) is 40.6 Å². The van der Waals surface area contributed by atoms with Crippen LogP contribution < -0.4 is 5.32 Å². The topological polar surface area (TPSA) is 55.6 Å². The molecule has 5 nitrogen and oxygen atoms in total. The fourth-order valence-electron chi connectivity index (χ4n) is 2.96. The van der Waals surface area contributed by atoms with Crippen molar-refractivity contribution in [2.75, 3.05) is 5.32 Å². The van der Waals surface area contributed by atoms with Crippen LogP contribution in [0, 0.1) is 5.82 Å². The summed E-state index contributed by atoms with van der Waals surface area (Å²) in [6.45, 7) is 0. The second-order valence-electron chi connectivity index (χ2n) is 5.47. The molecule has 1 N–H and O–H groups in total. The van der Waals surface area contributed by atoms with Gasteiger partial charge in [-0.1, -0.05) is 47.0 Å². The van der Waals surface area contributed by atoms with Crippen molar-refractivity contribution in [3.63, 3.8) is 0 Å². The maximum absolute atomic E-state index is 14.2. The molecule has 2 heterocycles. The summed E-state index contributed by atoms with van der Waals surface area (Å²) in [6.07, 6.45) is 0.639. The highest BCUT2D eigenvalue weighted by Crippen LogP contribution is 2.37. The fraction of sp³-hybridized carbons (Fsp3) is 0.188. The molecule has 116 valence electrons. The molecule has 0 fully saturated rings. The van der Waals surface area contributed by atoms with Crippen molar-refractivity contribution < 1.29 is 4.39 Å². The summed E-state index contributed by atoms with van der Waals surface area (Å²) in [5, 5.41) is 15.7. The molecule has 0 radical (unpaired) electrons. The SMILES string of the molecule is Fc1ccccc1[C@@H]1C[C@H](c2ccc(Cl)cc2)Nc2nnnn21. The van der Waals surface area contributed by atoms with Crippen molar-refractivity contribution in [2.45, 2.75) is 18.5 Å². The number of nitrogens with one attached hydrogen (secondary N) is 1. The summed E-state index contributed by atoms with van der Waals surface area (Å²) in [5.74, 6) is 0.278. The first-order chi connectivity index (χ1) is 11.2. The van der Waals surface area contributed by atoms with Gasteiger partial charge in [0.15, 0.2) is 0 Å². The van der Waals surface area contributed by atoms with E-state index in [2.05, 4.69) is 20.8 Å². The lowest BCUT2D eigenvalue weighted by Gasteiger charge is -2.31. The Morgan fingerprint density at radius 2 is 1.91 bits per heavy atom. The number of fused-ring (bicyclic) bond motifs is 1. The first-order valence-electron chi connectivity index (χ1n) is 7.26. The van der Waals surface area contributed by atoms with Gasteiger partial charge < -0.3 is 5.32 Å². The molecule has 0 bridgehead atoms. The van der Waals surface area contributed by atoms with E-state index in [1.165, 1.54) is 6.07 Å². The summed E-state index contributed by atoms with van der Waals surface area (Å²) in [4.78, 5) is 0. The molecular weight excluding hydrogens is 317 g/mol. The molecule has 4 rings (SSSR count).